The third-order valence-corrected chi connectivity index (χ3v) is 1.20. The lowest BCUT2D eigenvalue weighted by molar-refractivity contribution is -0.656. The van der Waals surface area contributed by atoms with Gasteiger partial charge in [-0.3, -0.25) is 0 Å². The van der Waals surface area contributed by atoms with Gasteiger partial charge in [0.05, 0.1) is 19.7 Å². The summed E-state index contributed by atoms with van der Waals surface area (Å²) in [5.41, 5.74) is 0. The van der Waals surface area contributed by atoms with E-state index in [1.165, 1.54) is 0 Å². The molecule has 0 unspecified atom stereocenters. The zero-order valence-corrected chi connectivity index (χ0v) is 5.84. The van der Waals surface area contributed by atoms with E-state index in [1.54, 1.807) is 0 Å². The van der Waals surface area contributed by atoms with Crippen LogP contribution >= 0.6 is 0 Å². The molecule has 2 radical (unpaired) electrons. The summed E-state index contributed by atoms with van der Waals surface area (Å²) in [4.78, 5) is 0. The zero-order chi connectivity index (χ0) is 6.95. The topological polar surface area (TPSA) is 36.8 Å². The van der Waals surface area contributed by atoms with Crippen molar-refractivity contribution < 1.29 is 10.4 Å². The average Bonchev–Trinajstić information content (AvgIpc) is 1.89. The van der Waals surface area contributed by atoms with Gasteiger partial charge >= 0.3 is 0 Å². The van der Waals surface area contributed by atoms with Crippen molar-refractivity contribution in [2.24, 2.45) is 0 Å². The quantitative estimate of drug-likeness (QED) is 0.464. The Balaban J connectivity index is 2.60. The minimum Gasteiger partial charge on any atom is -0.391 e. The van der Waals surface area contributed by atoms with Gasteiger partial charge in [-0.1, -0.05) is 0 Å². The molecule has 0 aromatic rings. The highest BCUT2D eigenvalue weighted by Crippen LogP contribution is 1.87. The highest BCUT2D eigenvalue weighted by molar-refractivity contribution is 4.39. The van der Waals surface area contributed by atoms with Crippen LogP contribution < -0.4 is 5.32 Å². The standard InChI is InChI=1S/C7H15NO/c1-2-3-4-5-8-6-7-9/h1,8-9H,2-7H2/p+1. The molecule has 2 nitrogen and oxygen atoms in total. The predicted molar refractivity (Wildman–Crippen MR) is 36.9 cm³/mol. The van der Waals surface area contributed by atoms with Gasteiger partial charge in [-0.25, -0.2) is 0 Å². The minimum absolute atomic E-state index is 0.280. The van der Waals surface area contributed by atoms with Crippen LogP contribution in [0.1, 0.15) is 19.3 Å². The summed E-state index contributed by atoms with van der Waals surface area (Å²) < 4.78 is 0. The Morgan fingerprint density at radius 3 is 2.56 bits per heavy atom. The Hall–Kier alpha value is -0.0800. The van der Waals surface area contributed by atoms with Crippen molar-refractivity contribution in [3.63, 3.8) is 0 Å². The SMILES string of the molecule is [CH]CCCC[NH2+]CCO. The maximum atomic E-state index is 8.37. The molecule has 2 heteroatoms. The zero-order valence-electron chi connectivity index (χ0n) is 5.84. The highest BCUT2D eigenvalue weighted by Gasteiger charge is 1.87. The molecule has 0 spiro atoms. The van der Waals surface area contributed by atoms with Crippen LogP contribution in [0.2, 0.25) is 0 Å². The first-order chi connectivity index (χ1) is 4.41. The van der Waals surface area contributed by atoms with E-state index in [9.17, 15) is 0 Å². The first-order valence-corrected chi connectivity index (χ1v) is 3.54. The Labute approximate surface area is 57.3 Å². The molecule has 0 heterocycles. The molecule has 3 N–H and O–H groups in total. The summed E-state index contributed by atoms with van der Waals surface area (Å²) in [5, 5.41) is 10.5. The number of rotatable bonds is 6. The summed E-state index contributed by atoms with van der Waals surface area (Å²) in [6.45, 7) is 7.48. The second-order valence-corrected chi connectivity index (χ2v) is 2.09. The van der Waals surface area contributed by atoms with Gasteiger partial charge < -0.3 is 10.4 Å². The van der Waals surface area contributed by atoms with Crippen LogP contribution in [0, 0.1) is 6.92 Å². The lowest BCUT2D eigenvalue weighted by Crippen LogP contribution is -2.85. The lowest BCUT2D eigenvalue weighted by Gasteiger charge is -1.96. The van der Waals surface area contributed by atoms with Crippen LogP contribution in [0.15, 0.2) is 0 Å². The molecule has 0 aliphatic carbocycles. The maximum absolute atomic E-state index is 8.37. The van der Waals surface area contributed by atoms with Crippen LogP contribution in [0.3, 0.4) is 0 Å². The van der Waals surface area contributed by atoms with Crippen molar-refractivity contribution >= 4 is 0 Å². The third kappa shape index (κ3) is 7.92. The Morgan fingerprint density at radius 1 is 1.22 bits per heavy atom. The molecule has 0 amide bonds. The smallest absolute Gasteiger partial charge is 0.0990 e. The van der Waals surface area contributed by atoms with E-state index in [0.717, 1.165) is 32.4 Å². The maximum Gasteiger partial charge on any atom is 0.0990 e. The van der Waals surface area contributed by atoms with E-state index in [4.69, 9.17) is 12.0 Å². The summed E-state index contributed by atoms with van der Waals surface area (Å²) in [6.07, 6.45) is 3.05. The molecule has 0 aliphatic heterocycles. The van der Waals surface area contributed by atoms with E-state index in [0.29, 0.717) is 0 Å². The summed E-state index contributed by atoms with van der Waals surface area (Å²) >= 11 is 0. The minimum atomic E-state index is 0.280. The Morgan fingerprint density at radius 2 is 2.00 bits per heavy atom. The van der Waals surface area contributed by atoms with Gasteiger partial charge in [-0.05, 0) is 26.2 Å². The van der Waals surface area contributed by atoms with E-state index in [2.05, 4.69) is 5.32 Å². The molecule has 0 aliphatic rings. The van der Waals surface area contributed by atoms with Crippen molar-refractivity contribution in [1.29, 1.82) is 0 Å². The van der Waals surface area contributed by atoms with Crippen molar-refractivity contribution in [3.8, 4) is 0 Å². The number of aliphatic hydroxyl groups excluding tert-OH is 1. The van der Waals surface area contributed by atoms with Crippen LogP contribution in [0.5, 0.6) is 0 Å². The fourth-order valence-corrected chi connectivity index (χ4v) is 0.669. The number of unbranched alkanes of at least 4 members (excludes halogenated alkanes) is 2. The highest BCUT2D eigenvalue weighted by atomic mass is 16.3. The van der Waals surface area contributed by atoms with Gasteiger partial charge in [0.15, 0.2) is 0 Å². The second kappa shape index (κ2) is 7.92. The fraction of sp³-hybridized carbons (Fsp3) is 0.857. The molecule has 0 rings (SSSR count). The van der Waals surface area contributed by atoms with Gasteiger partial charge in [0.2, 0.25) is 0 Å². The first kappa shape index (κ1) is 8.92. The number of quaternary nitrogens is 1. The van der Waals surface area contributed by atoms with Gasteiger partial charge in [0, 0.05) is 0 Å². The van der Waals surface area contributed by atoms with E-state index < -0.39 is 0 Å². The number of nitrogens with two attached hydrogens (primary N) is 1. The lowest BCUT2D eigenvalue weighted by atomic mass is 10.2. The summed E-state index contributed by atoms with van der Waals surface area (Å²) in [7, 11) is 0. The van der Waals surface area contributed by atoms with Crippen LogP contribution in [-0.2, 0) is 0 Å². The van der Waals surface area contributed by atoms with Crippen molar-refractivity contribution in [3.05, 3.63) is 6.92 Å². The largest absolute Gasteiger partial charge is 0.391 e. The molecule has 0 saturated heterocycles. The molecule has 54 valence electrons. The molecular weight excluding hydrogens is 114 g/mol. The molecule has 0 saturated carbocycles. The number of hydrogen-bond donors (Lipinski definition) is 2. The van der Waals surface area contributed by atoms with Gasteiger partial charge in [-0.2, -0.15) is 0 Å². The van der Waals surface area contributed by atoms with E-state index >= 15 is 0 Å². The average molecular weight is 130 g/mol. The molecule has 9 heavy (non-hydrogen) atoms. The van der Waals surface area contributed by atoms with Crippen LogP contribution in [0.25, 0.3) is 0 Å². The van der Waals surface area contributed by atoms with Crippen molar-refractivity contribution in [2.75, 3.05) is 19.7 Å². The normalized spacial score (nSPS) is 10.0. The van der Waals surface area contributed by atoms with E-state index in [-0.39, 0.29) is 6.61 Å². The van der Waals surface area contributed by atoms with E-state index in [1.807, 2.05) is 0 Å². The molecular formula is C7H16NO+. The van der Waals surface area contributed by atoms with Gasteiger partial charge in [-0.15, -0.1) is 0 Å². The van der Waals surface area contributed by atoms with Gasteiger partial charge in [0.25, 0.3) is 0 Å². The van der Waals surface area contributed by atoms with Crippen molar-refractivity contribution in [1.82, 2.24) is 0 Å². The Bertz CT molecular complexity index is 42.2. The Kier molecular flexibility index (Phi) is 7.85. The monoisotopic (exact) mass is 130 g/mol. The summed E-state index contributed by atoms with van der Waals surface area (Å²) in [5.74, 6) is 0. The predicted octanol–water partition coefficient (Wildman–Crippen LogP) is -0.577. The molecule has 0 bridgehead atoms. The van der Waals surface area contributed by atoms with Crippen molar-refractivity contribution in [2.45, 2.75) is 19.3 Å². The number of aliphatic hydroxyl groups is 1. The second-order valence-electron chi connectivity index (χ2n) is 2.09. The fourth-order valence-electron chi connectivity index (χ4n) is 0.669. The third-order valence-electron chi connectivity index (χ3n) is 1.20. The number of hydrogen-bond acceptors (Lipinski definition) is 1. The molecule has 0 atom stereocenters. The molecule has 0 aromatic carbocycles. The first-order valence-electron chi connectivity index (χ1n) is 3.54. The molecule has 0 fully saturated rings. The van der Waals surface area contributed by atoms with Crippen LogP contribution in [-0.4, -0.2) is 24.8 Å². The summed E-state index contributed by atoms with van der Waals surface area (Å²) in [6, 6.07) is 0. The van der Waals surface area contributed by atoms with Crippen LogP contribution in [0.4, 0.5) is 0 Å². The van der Waals surface area contributed by atoms with Gasteiger partial charge in [0.1, 0.15) is 0 Å². The molecule has 0 aromatic heterocycles.